The van der Waals surface area contributed by atoms with Gasteiger partial charge in [0.15, 0.2) is 11.5 Å². The summed E-state index contributed by atoms with van der Waals surface area (Å²) in [5.41, 5.74) is -0.277. The van der Waals surface area contributed by atoms with Crippen molar-refractivity contribution in [2.75, 3.05) is 59.2 Å². The smallest absolute Gasteiger partial charge is 0.254 e. The topological polar surface area (TPSA) is 71.5 Å². The Kier molecular flexibility index (Phi) is 4.54. The Balaban J connectivity index is 1.41. The molecule has 2 fully saturated rings. The molecule has 7 nitrogen and oxygen atoms in total. The fraction of sp³-hybridized carbons (Fsp3) is 0.611. The van der Waals surface area contributed by atoms with Crippen molar-refractivity contribution in [2.45, 2.75) is 12.0 Å². The van der Waals surface area contributed by atoms with Crippen LogP contribution in [0.25, 0.3) is 0 Å². The number of carbonyl (C=O) groups is 1. The minimum absolute atomic E-state index is 0.0742. The molecule has 0 aliphatic carbocycles. The second-order valence-corrected chi connectivity index (χ2v) is 6.95. The van der Waals surface area contributed by atoms with E-state index < -0.39 is 5.60 Å². The molecule has 136 valence electrons. The molecule has 1 aromatic carbocycles. The fourth-order valence-corrected chi connectivity index (χ4v) is 3.69. The van der Waals surface area contributed by atoms with Crippen LogP contribution >= 0.6 is 0 Å². The number of benzene rings is 1. The van der Waals surface area contributed by atoms with E-state index in [1.54, 1.807) is 23.1 Å². The minimum atomic E-state index is -0.846. The van der Waals surface area contributed by atoms with Gasteiger partial charge in [-0.2, -0.15) is 0 Å². The number of carbonyl (C=O) groups excluding carboxylic acids is 1. The van der Waals surface area contributed by atoms with Gasteiger partial charge in [0, 0.05) is 31.7 Å². The first kappa shape index (κ1) is 16.6. The Labute approximate surface area is 147 Å². The normalized spacial score (nSPS) is 26.7. The maximum Gasteiger partial charge on any atom is 0.254 e. The van der Waals surface area contributed by atoms with Crippen LogP contribution in [0, 0.1) is 0 Å². The summed E-state index contributed by atoms with van der Waals surface area (Å²) in [5, 5.41) is 10.9. The van der Waals surface area contributed by atoms with Crippen LogP contribution in [-0.4, -0.2) is 85.6 Å². The number of nitrogens with zero attached hydrogens (tertiary/aromatic N) is 2. The van der Waals surface area contributed by atoms with E-state index in [4.69, 9.17) is 14.2 Å². The maximum atomic E-state index is 12.8. The lowest BCUT2D eigenvalue weighted by Gasteiger charge is -2.33. The summed E-state index contributed by atoms with van der Waals surface area (Å²) in [6, 6.07) is 5.27. The van der Waals surface area contributed by atoms with Gasteiger partial charge in [-0.25, -0.2) is 0 Å². The summed E-state index contributed by atoms with van der Waals surface area (Å²) in [6.45, 7) is 5.60. The highest BCUT2D eigenvalue weighted by molar-refractivity contribution is 5.95. The molecule has 2 saturated heterocycles. The second-order valence-electron chi connectivity index (χ2n) is 6.95. The van der Waals surface area contributed by atoms with Gasteiger partial charge in [-0.15, -0.1) is 0 Å². The van der Waals surface area contributed by atoms with Crippen LogP contribution in [0.2, 0.25) is 0 Å². The van der Waals surface area contributed by atoms with Gasteiger partial charge in [-0.3, -0.25) is 9.69 Å². The first-order valence-corrected chi connectivity index (χ1v) is 8.84. The number of morpholine rings is 1. The molecule has 3 aliphatic rings. The average Bonchev–Trinajstić information content (AvgIpc) is 3.03. The third-order valence-electron chi connectivity index (χ3n) is 5.03. The largest absolute Gasteiger partial charge is 0.486 e. The molecule has 4 rings (SSSR count). The molecule has 3 heterocycles. The fourth-order valence-electron chi connectivity index (χ4n) is 3.69. The van der Waals surface area contributed by atoms with Gasteiger partial charge in [0.05, 0.1) is 25.4 Å². The van der Waals surface area contributed by atoms with E-state index in [-0.39, 0.29) is 5.91 Å². The molecular formula is C18H24N2O5. The van der Waals surface area contributed by atoms with Gasteiger partial charge in [0.1, 0.15) is 13.2 Å². The first-order valence-electron chi connectivity index (χ1n) is 8.84. The van der Waals surface area contributed by atoms with Gasteiger partial charge in [-0.05, 0) is 24.6 Å². The number of hydrogen-bond acceptors (Lipinski definition) is 6. The molecule has 7 heteroatoms. The standard InChI is InChI=1S/C18H24N2O5/c21-17(14-1-2-15-16(11-14)25-10-9-24-15)20-4-3-18(22,13-20)12-19-5-7-23-8-6-19/h1-2,11,22H,3-10,12-13H2/t18-/m0/s1. The van der Waals surface area contributed by atoms with Gasteiger partial charge in [0.25, 0.3) is 5.91 Å². The van der Waals surface area contributed by atoms with Crippen molar-refractivity contribution >= 4 is 5.91 Å². The number of ether oxygens (including phenoxy) is 3. The van der Waals surface area contributed by atoms with E-state index >= 15 is 0 Å². The first-order chi connectivity index (χ1) is 12.1. The van der Waals surface area contributed by atoms with Crippen molar-refractivity contribution < 1.29 is 24.1 Å². The average molecular weight is 348 g/mol. The van der Waals surface area contributed by atoms with Crippen molar-refractivity contribution in [2.24, 2.45) is 0 Å². The number of aliphatic hydroxyl groups is 1. The number of hydrogen-bond donors (Lipinski definition) is 1. The Bertz CT molecular complexity index is 646. The third-order valence-corrected chi connectivity index (χ3v) is 5.03. The predicted molar refractivity (Wildman–Crippen MR) is 90.2 cm³/mol. The lowest BCUT2D eigenvalue weighted by Crippen LogP contribution is -2.49. The second kappa shape index (κ2) is 6.82. The molecule has 0 radical (unpaired) electrons. The number of likely N-dealkylation sites (tertiary alicyclic amines) is 1. The SMILES string of the molecule is O=C(c1ccc2c(c1)OCCO2)N1CC[C@](O)(CN2CCOCC2)C1. The van der Waals surface area contributed by atoms with E-state index in [2.05, 4.69) is 4.90 Å². The summed E-state index contributed by atoms with van der Waals surface area (Å²) < 4.78 is 16.4. The Hall–Kier alpha value is -1.83. The van der Waals surface area contributed by atoms with Gasteiger partial charge in [0.2, 0.25) is 0 Å². The summed E-state index contributed by atoms with van der Waals surface area (Å²) in [5.74, 6) is 1.21. The van der Waals surface area contributed by atoms with Crippen LogP contribution < -0.4 is 9.47 Å². The van der Waals surface area contributed by atoms with Gasteiger partial charge < -0.3 is 24.2 Å². The Morgan fingerprint density at radius 2 is 1.84 bits per heavy atom. The Morgan fingerprint density at radius 1 is 1.08 bits per heavy atom. The van der Waals surface area contributed by atoms with Crippen molar-refractivity contribution in [1.29, 1.82) is 0 Å². The monoisotopic (exact) mass is 348 g/mol. The lowest BCUT2D eigenvalue weighted by atomic mass is 10.0. The van der Waals surface area contributed by atoms with Crippen molar-refractivity contribution in [3.05, 3.63) is 23.8 Å². The van der Waals surface area contributed by atoms with Crippen molar-refractivity contribution in [3.63, 3.8) is 0 Å². The van der Waals surface area contributed by atoms with Crippen molar-refractivity contribution in [1.82, 2.24) is 9.80 Å². The van der Waals surface area contributed by atoms with Gasteiger partial charge in [-0.1, -0.05) is 0 Å². The van der Waals surface area contributed by atoms with Crippen molar-refractivity contribution in [3.8, 4) is 11.5 Å². The van der Waals surface area contributed by atoms with E-state index in [0.717, 1.165) is 13.1 Å². The van der Waals surface area contributed by atoms with E-state index in [0.29, 0.717) is 69.5 Å². The van der Waals surface area contributed by atoms with E-state index in [9.17, 15) is 9.90 Å². The van der Waals surface area contributed by atoms with Crippen LogP contribution in [0.15, 0.2) is 18.2 Å². The summed E-state index contributed by atoms with van der Waals surface area (Å²) in [7, 11) is 0. The van der Waals surface area contributed by atoms with Crippen LogP contribution in [-0.2, 0) is 4.74 Å². The zero-order valence-corrected chi connectivity index (χ0v) is 14.3. The van der Waals surface area contributed by atoms with Crippen LogP contribution in [0.4, 0.5) is 0 Å². The zero-order chi connectivity index (χ0) is 17.3. The molecule has 1 aromatic rings. The molecule has 0 spiro atoms. The lowest BCUT2D eigenvalue weighted by molar-refractivity contribution is -0.0257. The highest BCUT2D eigenvalue weighted by atomic mass is 16.6. The van der Waals surface area contributed by atoms with Crippen LogP contribution in [0.3, 0.4) is 0 Å². The minimum Gasteiger partial charge on any atom is -0.486 e. The molecule has 0 saturated carbocycles. The molecule has 1 amide bonds. The predicted octanol–water partition coefficient (Wildman–Crippen LogP) is 0.367. The molecule has 0 unspecified atom stereocenters. The summed E-state index contributed by atoms with van der Waals surface area (Å²) in [6.07, 6.45) is 0.598. The molecule has 3 aliphatic heterocycles. The quantitative estimate of drug-likeness (QED) is 0.851. The molecule has 25 heavy (non-hydrogen) atoms. The molecular weight excluding hydrogens is 324 g/mol. The van der Waals surface area contributed by atoms with Gasteiger partial charge >= 0.3 is 0 Å². The third kappa shape index (κ3) is 3.58. The number of fused-ring (bicyclic) bond motifs is 1. The van der Waals surface area contributed by atoms with E-state index in [1.165, 1.54) is 0 Å². The van der Waals surface area contributed by atoms with E-state index in [1.807, 2.05) is 0 Å². The highest BCUT2D eigenvalue weighted by Crippen LogP contribution is 2.32. The number of amides is 1. The maximum absolute atomic E-state index is 12.8. The number of β-amino-alcohol motifs (C(OH)–C–C–N with tert-alkyl or cyclic N) is 1. The van der Waals surface area contributed by atoms with Crippen LogP contribution in [0.5, 0.6) is 11.5 Å². The zero-order valence-electron chi connectivity index (χ0n) is 14.3. The molecule has 0 bridgehead atoms. The Morgan fingerprint density at radius 3 is 2.64 bits per heavy atom. The number of rotatable bonds is 3. The summed E-state index contributed by atoms with van der Waals surface area (Å²) in [4.78, 5) is 16.7. The summed E-state index contributed by atoms with van der Waals surface area (Å²) >= 11 is 0. The highest BCUT2D eigenvalue weighted by Gasteiger charge is 2.40. The molecule has 1 N–H and O–H groups in total. The molecule has 0 aromatic heterocycles. The molecule has 1 atom stereocenters. The van der Waals surface area contributed by atoms with Crippen LogP contribution in [0.1, 0.15) is 16.8 Å².